The molecule has 0 spiro atoms. The smallest absolute Gasteiger partial charge is 0.244 e. The van der Waals surface area contributed by atoms with Gasteiger partial charge in [-0.05, 0) is 44.6 Å². The molecule has 0 N–H and O–H groups in total. The molecule has 0 aliphatic carbocycles. The maximum Gasteiger partial charge on any atom is 0.244 e. The first-order valence-electron chi connectivity index (χ1n) is 8.35. The number of likely N-dealkylation sites (tertiary alicyclic amines) is 1. The number of rotatable bonds is 6. The standard InChI is InChI=1S/C18H26FN3O2/c1-20(2)17(14-7-9-15(19)10-8-14)18(24)21(3)12-13-22-11-5-4-6-16(22)23/h7-10,17H,4-6,11-13H2,1-3H3/t17-/m1/s1. The van der Waals surface area contributed by atoms with Crippen LogP contribution in [0, 0.1) is 5.82 Å². The molecule has 1 aliphatic rings. The molecule has 1 aliphatic heterocycles. The second-order valence-electron chi connectivity index (χ2n) is 6.52. The van der Waals surface area contributed by atoms with Gasteiger partial charge in [0.15, 0.2) is 0 Å². The lowest BCUT2D eigenvalue weighted by molar-refractivity contribution is -0.138. The van der Waals surface area contributed by atoms with Crippen LogP contribution < -0.4 is 0 Å². The van der Waals surface area contributed by atoms with E-state index in [1.165, 1.54) is 12.1 Å². The third kappa shape index (κ3) is 4.54. The van der Waals surface area contributed by atoms with Crippen LogP contribution in [0.4, 0.5) is 4.39 Å². The lowest BCUT2D eigenvalue weighted by Gasteiger charge is -2.32. The fourth-order valence-corrected chi connectivity index (χ4v) is 2.99. The van der Waals surface area contributed by atoms with E-state index in [9.17, 15) is 14.0 Å². The first-order valence-corrected chi connectivity index (χ1v) is 8.35. The Morgan fingerprint density at radius 3 is 2.46 bits per heavy atom. The summed E-state index contributed by atoms with van der Waals surface area (Å²) in [5.74, 6) is -0.207. The molecule has 1 heterocycles. The number of benzene rings is 1. The monoisotopic (exact) mass is 335 g/mol. The van der Waals surface area contributed by atoms with Gasteiger partial charge >= 0.3 is 0 Å². The Morgan fingerprint density at radius 2 is 1.88 bits per heavy atom. The van der Waals surface area contributed by atoms with Crippen molar-refractivity contribution in [3.8, 4) is 0 Å². The van der Waals surface area contributed by atoms with Crippen LogP contribution in [0.2, 0.25) is 0 Å². The van der Waals surface area contributed by atoms with Crippen LogP contribution >= 0.6 is 0 Å². The maximum absolute atomic E-state index is 13.1. The second kappa shape index (κ2) is 8.24. The zero-order chi connectivity index (χ0) is 17.7. The molecule has 132 valence electrons. The van der Waals surface area contributed by atoms with E-state index in [1.807, 2.05) is 23.9 Å². The SMILES string of the molecule is CN(CCN1CCCCC1=O)C(=O)[C@@H](c1ccc(F)cc1)N(C)C. The zero-order valence-electron chi connectivity index (χ0n) is 14.7. The van der Waals surface area contributed by atoms with Crippen molar-refractivity contribution >= 4 is 11.8 Å². The molecule has 1 fully saturated rings. The molecule has 2 rings (SSSR count). The summed E-state index contributed by atoms with van der Waals surface area (Å²) in [4.78, 5) is 30.0. The molecule has 2 amide bonds. The lowest BCUT2D eigenvalue weighted by atomic mass is 10.0. The van der Waals surface area contributed by atoms with Crippen molar-refractivity contribution in [2.24, 2.45) is 0 Å². The number of carbonyl (C=O) groups is 2. The average molecular weight is 335 g/mol. The van der Waals surface area contributed by atoms with Gasteiger partial charge in [0, 0.05) is 33.1 Å². The summed E-state index contributed by atoms with van der Waals surface area (Å²) in [6.07, 6.45) is 2.59. The highest BCUT2D eigenvalue weighted by atomic mass is 19.1. The number of nitrogens with zero attached hydrogens (tertiary/aromatic N) is 3. The van der Waals surface area contributed by atoms with E-state index in [4.69, 9.17) is 0 Å². The van der Waals surface area contributed by atoms with Gasteiger partial charge in [-0.1, -0.05) is 12.1 Å². The largest absolute Gasteiger partial charge is 0.342 e. The van der Waals surface area contributed by atoms with Gasteiger partial charge in [0.05, 0.1) is 0 Å². The Hall–Kier alpha value is -1.95. The van der Waals surface area contributed by atoms with Gasteiger partial charge in [-0.15, -0.1) is 0 Å². The van der Waals surface area contributed by atoms with E-state index in [-0.39, 0.29) is 17.6 Å². The van der Waals surface area contributed by atoms with Crippen molar-refractivity contribution in [1.29, 1.82) is 0 Å². The third-order valence-corrected chi connectivity index (χ3v) is 4.44. The lowest BCUT2D eigenvalue weighted by Crippen LogP contribution is -2.44. The van der Waals surface area contributed by atoms with Crippen molar-refractivity contribution in [3.63, 3.8) is 0 Å². The zero-order valence-corrected chi connectivity index (χ0v) is 14.7. The van der Waals surface area contributed by atoms with Crippen molar-refractivity contribution < 1.29 is 14.0 Å². The van der Waals surface area contributed by atoms with Gasteiger partial charge in [0.1, 0.15) is 11.9 Å². The minimum atomic E-state index is -0.465. The van der Waals surface area contributed by atoms with E-state index in [0.29, 0.717) is 19.5 Å². The highest BCUT2D eigenvalue weighted by Gasteiger charge is 2.27. The van der Waals surface area contributed by atoms with Crippen LogP contribution in [0.5, 0.6) is 0 Å². The molecule has 0 bridgehead atoms. The molecule has 0 unspecified atom stereocenters. The van der Waals surface area contributed by atoms with E-state index >= 15 is 0 Å². The van der Waals surface area contributed by atoms with Crippen molar-refractivity contribution in [1.82, 2.24) is 14.7 Å². The molecule has 5 nitrogen and oxygen atoms in total. The molecule has 0 saturated carbocycles. The van der Waals surface area contributed by atoms with Crippen LogP contribution in [0.1, 0.15) is 30.9 Å². The summed E-state index contributed by atoms with van der Waals surface area (Å²) in [7, 11) is 5.40. The predicted octanol–water partition coefficient (Wildman–Crippen LogP) is 1.90. The number of hydrogen-bond donors (Lipinski definition) is 0. The van der Waals surface area contributed by atoms with Gasteiger partial charge < -0.3 is 9.80 Å². The molecule has 1 saturated heterocycles. The van der Waals surface area contributed by atoms with E-state index in [0.717, 1.165) is 24.9 Å². The van der Waals surface area contributed by atoms with E-state index < -0.39 is 6.04 Å². The molecule has 1 aromatic carbocycles. The normalized spacial score (nSPS) is 16.4. The first-order chi connectivity index (χ1) is 11.4. The Kier molecular flexibility index (Phi) is 6.31. The number of hydrogen-bond acceptors (Lipinski definition) is 3. The summed E-state index contributed by atoms with van der Waals surface area (Å²) in [6, 6.07) is 5.55. The van der Waals surface area contributed by atoms with Gasteiger partial charge in [-0.25, -0.2) is 4.39 Å². The fourth-order valence-electron chi connectivity index (χ4n) is 2.99. The Balaban J connectivity index is 2.00. The van der Waals surface area contributed by atoms with Crippen molar-refractivity contribution in [2.75, 3.05) is 40.8 Å². The highest BCUT2D eigenvalue weighted by Crippen LogP contribution is 2.21. The van der Waals surface area contributed by atoms with Gasteiger partial charge in [0.25, 0.3) is 0 Å². The summed E-state index contributed by atoms with van der Waals surface area (Å²) in [5.41, 5.74) is 0.757. The predicted molar refractivity (Wildman–Crippen MR) is 90.9 cm³/mol. The number of halogens is 1. The van der Waals surface area contributed by atoms with Crippen LogP contribution in [0.25, 0.3) is 0 Å². The van der Waals surface area contributed by atoms with Gasteiger partial charge in [-0.2, -0.15) is 0 Å². The van der Waals surface area contributed by atoms with Crippen LogP contribution in [-0.4, -0.2) is 67.3 Å². The quantitative estimate of drug-likeness (QED) is 0.797. The minimum absolute atomic E-state index is 0.0592. The topological polar surface area (TPSA) is 43.9 Å². The van der Waals surface area contributed by atoms with Gasteiger partial charge in [-0.3, -0.25) is 14.5 Å². The average Bonchev–Trinajstić information content (AvgIpc) is 2.55. The summed E-state index contributed by atoms with van der Waals surface area (Å²) in [6.45, 7) is 1.83. The molecule has 6 heteroatoms. The Morgan fingerprint density at radius 1 is 1.21 bits per heavy atom. The first kappa shape index (κ1) is 18.4. The fraction of sp³-hybridized carbons (Fsp3) is 0.556. The van der Waals surface area contributed by atoms with Crippen molar-refractivity contribution in [3.05, 3.63) is 35.6 Å². The molecule has 24 heavy (non-hydrogen) atoms. The molecule has 0 radical (unpaired) electrons. The van der Waals surface area contributed by atoms with E-state index in [2.05, 4.69) is 0 Å². The minimum Gasteiger partial charge on any atom is -0.342 e. The maximum atomic E-state index is 13.1. The van der Waals surface area contributed by atoms with Gasteiger partial charge in [0.2, 0.25) is 11.8 Å². The summed E-state index contributed by atoms with van der Waals surface area (Å²) >= 11 is 0. The highest BCUT2D eigenvalue weighted by molar-refractivity contribution is 5.83. The summed E-state index contributed by atoms with van der Waals surface area (Å²) in [5, 5.41) is 0. The van der Waals surface area contributed by atoms with Crippen LogP contribution in [0.3, 0.4) is 0 Å². The number of likely N-dealkylation sites (N-methyl/N-ethyl adjacent to an activating group) is 2. The molecule has 1 atom stereocenters. The van der Waals surface area contributed by atoms with Crippen LogP contribution in [-0.2, 0) is 9.59 Å². The Labute approximate surface area is 143 Å². The molecular weight excluding hydrogens is 309 g/mol. The number of piperidine rings is 1. The van der Waals surface area contributed by atoms with Crippen molar-refractivity contribution in [2.45, 2.75) is 25.3 Å². The van der Waals surface area contributed by atoms with E-state index in [1.54, 1.807) is 24.1 Å². The second-order valence-corrected chi connectivity index (χ2v) is 6.52. The molecule has 0 aromatic heterocycles. The number of carbonyl (C=O) groups excluding carboxylic acids is 2. The molecule has 1 aromatic rings. The summed E-state index contributed by atoms with van der Waals surface area (Å²) < 4.78 is 13.1. The Bertz CT molecular complexity index is 574. The third-order valence-electron chi connectivity index (χ3n) is 4.44. The number of amides is 2. The van der Waals surface area contributed by atoms with Crippen LogP contribution in [0.15, 0.2) is 24.3 Å². The molecular formula is C18H26FN3O2.